The zero-order valence-electron chi connectivity index (χ0n) is 11.7. The van der Waals surface area contributed by atoms with E-state index >= 15 is 0 Å². The van der Waals surface area contributed by atoms with Crippen LogP contribution < -0.4 is 5.43 Å². The van der Waals surface area contributed by atoms with Gasteiger partial charge in [0.25, 0.3) is 5.91 Å². The standard InChI is InChI=1S/C18H14N2O2/c21-17-11-10-14(15-8-4-5-9-16(15)17)12-19-20-18(22)13-6-2-1-3-7-13/h1-12,21H,(H,20,22). The number of nitrogens with one attached hydrogen (secondary N) is 1. The number of carbonyl (C=O) groups is 1. The molecular weight excluding hydrogens is 276 g/mol. The number of fused-ring (bicyclic) bond motifs is 1. The van der Waals surface area contributed by atoms with Gasteiger partial charge in [0.05, 0.1) is 6.21 Å². The van der Waals surface area contributed by atoms with Crippen molar-refractivity contribution in [3.05, 3.63) is 77.9 Å². The highest BCUT2D eigenvalue weighted by molar-refractivity contribution is 6.02. The first-order valence-electron chi connectivity index (χ1n) is 6.85. The van der Waals surface area contributed by atoms with Gasteiger partial charge in [-0.15, -0.1) is 0 Å². The Morgan fingerprint density at radius 3 is 2.36 bits per heavy atom. The molecule has 3 rings (SSSR count). The molecule has 3 aromatic carbocycles. The summed E-state index contributed by atoms with van der Waals surface area (Å²) in [4.78, 5) is 11.9. The minimum absolute atomic E-state index is 0.223. The molecule has 0 aliphatic rings. The minimum Gasteiger partial charge on any atom is -0.507 e. The van der Waals surface area contributed by atoms with E-state index in [-0.39, 0.29) is 11.7 Å². The highest BCUT2D eigenvalue weighted by Crippen LogP contribution is 2.26. The summed E-state index contributed by atoms with van der Waals surface area (Å²) in [6.45, 7) is 0. The first-order chi connectivity index (χ1) is 10.8. The van der Waals surface area contributed by atoms with Crippen molar-refractivity contribution in [3.63, 3.8) is 0 Å². The molecule has 0 saturated carbocycles. The van der Waals surface area contributed by atoms with Crippen molar-refractivity contribution in [3.8, 4) is 5.75 Å². The SMILES string of the molecule is O=C(NN=Cc1ccc(O)c2ccccc12)c1ccccc1. The van der Waals surface area contributed by atoms with Gasteiger partial charge in [0.2, 0.25) is 0 Å². The Morgan fingerprint density at radius 2 is 1.59 bits per heavy atom. The average molecular weight is 290 g/mol. The van der Waals surface area contributed by atoms with E-state index in [0.717, 1.165) is 16.3 Å². The van der Waals surface area contributed by atoms with E-state index in [1.165, 1.54) is 0 Å². The molecule has 108 valence electrons. The number of hydrogen-bond donors (Lipinski definition) is 2. The Kier molecular flexibility index (Phi) is 3.83. The number of aromatic hydroxyl groups is 1. The van der Waals surface area contributed by atoms with Gasteiger partial charge in [-0.1, -0.05) is 42.5 Å². The van der Waals surface area contributed by atoms with Crippen molar-refractivity contribution in [1.29, 1.82) is 0 Å². The van der Waals surface area contributed by atoms with Crippen molar-refractivity contribution in [2.75, 3.05) is 0 Å². The van der Waals surface area contributed by atoms with E-state index in [2.05, 4.69) is 10.5 Å². The van der Waals surface area contributed by atoms with Crippen LogP contribution in [-0.4, -0.2) is 17.2 Å². The third-order valence-corrected chi connectivity index (χ3v) is 3.34. The maximum absolute atomic E-state index is 11.9. The molecule has 0 atom stereocenters. The van der Waals surface area contributed by atoms with E-state index in [4.69, 9.17) is 0 Å². The Labute approximate surface area is 127 Å². The number of nitrogens with zero attached hydrogens (tertiary/aromatic N) is 1. The van der Waals surface area contributed by atoms with Gasteiger partial charge in [-0.2, -0.15) is 5.10 Å². The monoisotopic (exact) mass is 290 g/mol. The van der Waals surface area contributed by atoms with Gasteiger partial charge in [0, 0.05) is 16.5 Å². The second-order valence-electron chi connectivity index (χ2n) is 4.78. The summed E-state index contributed by atoms with van der Waals surface area (Å²) in [5.41, 5.74) is 3.87. The molecule has 0 radical (unpaired) electrons. The quantitative estimate of drug-likeness (QED) is 0.574. The lowest BCUT2D eigenvalue weighted by molar-refractivity contribution is 0.0955. The van der Waals surface area contributed by atoms with Gasteiger partial charge < -0.3 is 5.11 Å². The molecule has 0 bridgehead atoms. The maximum atomic E-state index is 11.9. The number of hydrogen-bond acceptors (Lipinski definition) is 3. The lowest BCUT2D eigenvalue weighted by Gasteiger charge is -2.04. The minimum atomic E-state index is -0.264. The highest BCUT2D eigenvalue weighted by Gasteiger charge is 2.04. The fraction of sp³-hybridized carbons (Fsp3) is 0. The molecule has 3 aromatic rings. The number of benzene rings is 3. The van der Waals surface area contributed by atoms with Gasteiger partial charge in [0.15, 0.2) is 0 Å². The van der Waals surface area contributed by atoms with Gasteiger partial charge >= 0.3 is 0 Å². The van der Waals surface area contributed by atoms with Crippen LogP contribution in [0, 0.1) is 0 Å². The number of amides is 1. The smallest absolute Gasteiger partial charge is 0.271 e. The second kappa shape index (κ2) is 6.10. The number of carbonyl (C=O) groups excluding carboxylic acids is 1. The molecular formula is C18H14N2O2. The van der Waals surface area contributed by atoms with Crippen molar-refractivity contribution in [2.45, 2.75) is 0 Å². The Bertz CT molecular complexity index is 842. The maximum Gasteiger partial charge on any atom is 0.271 e. The van der Waals surface area contributed by atoms with Crippen LogP contribution in [0.25, 0.3) is 10.8 Å². The Morgan fingerprint density at radius 1 is 0.909 bits per heavy atom. The van der Waals surface area contributed by atoms with Gasteiger partial charge in [0.1, 0.15) is 5.75 Å². The molecule has 2 N–H and O–H groups in total. The predicted octanol–water partition coefficient (Wildman–Crippen LogP) is 3.31. The molecule has 0 unspecified atom stereocenters. The van der Waals surface area contributed by atoms with Crippen LogP contribution in [0.2, 0.25) is 0 Å². The average Bonchev–Trinajstić information content (AvgIpc) is 2.58. The molecule has 4 nitrogen and oxygen atoms in total. The van der Waals surface area contributed by atoms with E-state index in [1.54, 1.807) is 42.6 Å². The van der Waals surface area contributed by atoms with Crippen molar-refractivity contribution in [1.82, 2.24) is 5.43 Å². The third kappa shape index (κ3) is 2.81. The van der Waals surface area contributed by atoms with Gasteiger partial charge in [-0.3, -0.25) is 4.79 Å². The molecule has 0 aliphatic heterocycles. The molecule has 0 aliphatic carbocycles. The zero-order valence-corrected chi connectivity index (χ0v) is 11.7. The van der Waals surface area contributed by atoms with Crippen LogP contribution in [0.1, 0.15) is 15.9 Å². The van der Waals surface area contributed by atoms with Gasteiger partial charge in [-0.05, 0) is 29.7 Å². The van der Waals surface area contributed by atoms with Crippen LogP contribution in [-0.2, 0) is 0 Å². The van der Waals surface area contributed by atoms with Crippen LogP contribution in [0.15, 0.2) is 71.8 Å². The summed E-state index contributed by atoms with van der Waals surface area (Å²) in [5.74, 6) is -0.0407. The number of hydrazone groups is 1. The number of phenolic OH excluding ortho intramolecular Hbond substituents is 1. The fourth-order valence-electron chi connectivity index (χ4n) is 2.23. The van der Waals surface area contributed by atoms with Crippen LogP contribution in [0.3, 0.4) is 0 Å². The van der Waals surface area contributed by atoms with E-state index < -0.39 is 0 Å². The summed E-state index contributed by atoms with van der Waals surface area (Å²) in [6, 6.07) is 19.8. The lowest BCUT2D eigenvalue weighted by atomic mass is 10.0. The summed E-state index contributed by atoms with van der Waals surface area (Å²) < 4.78 is 0. The van der Waals surface area contributed by atoms with Crippen LogP contribution >= 0.6 is 0 Å². The van der Waals surface area contributed by atoms with Crippen LogP contribution in [0.5, 0.6) is 5.75 Å². The van der Waals surface area contributed by atoms with Crippen LogP contribution in [0.4, 0.5) is 0 Å². The molecule has 0 aromatic heterocycles. The molecule has 0 heterocycles. The first kappa shape index (κ1) is 13.8. The Balaban J connectivity index is 1.82. The summed E-state index contributed by atoms with van der Waals surface area (Å²) >= 11 is 0. The molecule has 0 spiro atoms. The Hall–Kier alpha value is -3.14. The van der Waals surface area contributed by atoms with E-state index in [1.807, 2.05) is 30.3 Å². The predicted molar refractivity (Wildman–Crippen MR) is 87.1 cm³/mol. The summed E-state index contributed by atoms with van der Waals surface area (Å²) in [5, 5.41) is 15.5. The molecule has 0 saturated heterocycles. The zero-order chi connectivity index (χ0) is 15.4. The van der Waals surface area contributed by atoms with Crippen molar-refractivity contribution in [2.24, 2.45) is 5.10 Å². The normalized spacial score (nSPS) is 10.9. The molecule has 4 heteroatoms. The van der Waals surface area contributed by atoms with Gasteiger partial charge in [-0.25, -0.2) is 5.43 Å². The van der Waals surface area contributed by atoms with Crippen molar-refractivity contribution < 1.29 is 9.90 Å². The fourth-order valence-corrected chi connectivity index (χ4v) is 2.23. The summed E-state index contributed by atoms with van der Waals surface area (Å²) in [7, 11) is 0. The number of rotatable bonds is 3. The first-order valence-corrected chi connectivity index (χ1v) is 6.85. The van der Waals surface area contributed by atoms with Crippen molar-refractivity contribution >= 4 is 22.9 Å². The highest BCUT2D eigenvalue weighted by atomic mass is 16.3. The largest absolute Gasteiger partial charge is 0.507 e. The molecule has 0 fully saturated rings. The second-order valence-corrected chi connectivity index (χ2v) is 4.78. The summed E-state index contributed by atoms with van der Waals surface area (Å²) in [6.07, 6.45) is 1.57. The molecule has 22 heavy (non-hydrogen) atoms. The topological polar surface area (TPSA) is 61.7 Å². The van der Waals surface area contributed by atoms with E-state index in [0.29, 0.717) is 5.56 Å². The van der Waals surface area contributed by atoms with E-state index in [9.17, 15) is 9.90 Å². The lowest BCUT2D eigenvalue weighted by Crippen LogP contribution is -2.17. The number of phenols is 1. The molecule has 1 amide bonds. The third-order valence-electron chi connectivity index (χ3n) is 3.34.